The van der Waals surface area contributed by atoms with Crippen molar-refractivity contribution in [2.45, 2.75) is 46.2 Å². The second kappa shape index (κ2) is 6.08. The molecule has 0 bridgehead atoms. The average molecular weight is 344 g/mol. The van der Waals surface area contributed by atoms with Crippen molar-refractivity contribution in [1.82, 2.24) is 9.78 Å². The highest BCUT2D eigenvalue weighted by molar-refractivity contribution is 6.07. The number of ether oxygens (including phenoxy) is 1. The van der Waals surface area contributed by atoms with Gasteiger partial charge in [-0.25, -0.2) is 0 Å². The molecule has 1 N–H and O–H groups in total. The lowest BCUT2D eigenvalue weighted by Gasteiger charge is -2.17. The van der Waals surface area contributed by atoms with Gasteiger partial charge in [0, 0.05) is 17.4 Å². The fourth-order valence-corrected chi connectivity index (χ4v) is 2.29. The second-order valence-electron chi connectivity index (χ2n) is 6.56. The van der Waals surface area contributed by atoms with E-state index in [0.717, 1.165) is 6.07 Å². The van der Waals surface area contributed by atoms with E-state index in [9.17, 15) is 23.1 Å². The highest BCUT2D eigenvalue weighted by atomic mass is 19.4. The first kappa shape index (κ1) is 18.3. The van der Waals surface area contributed by atoms with Gasteiger partial charge in [-0.3, -0.25) is 9.48 Å². The van der Waals surface area contributed by atoms with Gasteiger partial charge in [0.15, 0.2) is 5.78 Å². The molecular weight excluding hydrogens is 325 g/mol. The Bertz CT molecular complexity index is 758. The topological polar surface area (TPSA) is 64.4 Å². The SMILES string of the molecule is CC(C)C(=O)c1nn(CC(C)(C)O)c2cc(OC(F)(F)F)ccc12. The van der Waals surface area contributed by atoms with Crippen LogP contribution in [-0.2, 0) is 6.54 Å². The Morgan fingerprint density at radius 3 is 2.46 bits per heavy atom. The van der Waals surface area contributed by atoms with Crippen molar-refractivity contribution >= 4 is 16.7 Å². The normalized spacial score (nSPS) is 12.9. The van der Waals surface area contributed by atoms with Gasteiger partial charge in [0.2, 0.25) is 0 Å². The van der Waals surface area contributed by atoms with Crippen LogP contribution in [0, 0.1) is 5.92 Å². The van der Waals surface area contributed by atoms with E-state index in [4.69, 9.17) is 0 Å². The molecule has 5 nitrogen and oxygen atoms in total. The van der Waals surface area contributed by atoms with Crippen LogP contribution in [0.25, 0.3) is 10.9 Å². The average Bonchev–Trinajstić information content (AvgIpc) is 2.72. The smallest absolute Gasteiger partial charge is 0.406 e. The highest BCUT2D eigenvalue weighted by Gasteiger charge is 2.31. The lowest BCUT2D eigenvalue weighted by molar-refractivity contribution is -0.274. The third-order valence-electron chi connectivity index (χ3n) is 3.25. The zero-order valence-electron chi connectivity index (χ0n) is 13.8. The summed E-state index contributed by atoms with van der Waals surface area (Å²) in [6.07, 6.45) is -4.81. The lowest BCUT2D eigenvalue weighted by Crippen LogP contribution is -2.27. The Labute approximate surface area is 137 Å². The molecular formula is C16H19F3N2O3. The molecule has 0 spiro atoms. The van der Waals surface area contributed by atoms with Crippen LogP contribution in [0.15, 0.2) is 18.2 Å². The maximum atomic E-state index is 12.4. The molecule has 0 radical (unpaired) electrons. The molecule has 0 aliphatic carbocycles. The molecule has 0 saturated heterocycles. The van der Waals surface area contributed by atoms with Gasteiger partial charge in [-0.1, -0.05) is 13.8 Å². The minimum Gasteiger partial charge on any atom is -0.406 e. The number of aromatic nitrogens is 2. The van der Waals surface area contributed by atoms with Gasteiger partial charge in [-0.2, -0.15) is 5.10 Å². The number of hydrogen-bond donors (Lipinski definition) is 1. The number of ketones is 1. The van der Waals surface area contributed by atoms with Crippen molar-refractivity contribution in [2.75, 3.05) is 0 Å². The van der Waals surface area contributed by atoms with Crippen LogP contribution in [-0.4, -0.2) is 32.6 Å². The maximum Gasteiger partial charge on any atom is 0.573 e. The van der Waals surface area contributed by atoms with Crippen LogP contribution < -0.4 is 4.74 Å². The Morgan fingerprint density at radius 2 is 1.96 bits per heavy atom. The summed E-state index contributed by atoms with van der Waals surface area (Å²) >= 11 is 0. The van der Waals surface area contributed by atoms with Crippen LogP contribution >= 0.6 is 0 Å². The van der Waals surface area contributed by atoms with E-state index in [1.165, 1.54) is 16.8 Å². The molecule has 0 unspecified atom stereocenters. The lowest BCUT2D eigenvalue weighted by atomic mass is 10.0. The summed E-state index contributed by atoms with van der Waals surface area (Å²) in [5.41, 5.74) is -0.691. The van der Waals surface area contributed by atoms with E-state index in [1.54, 1.807) is 27.7 Å². The summed E-state index contributed by atoms with van der Waals surface area (Å²) in [6, 6.07) is 3.68. The van der Waals surface area contributed by atoms with E-state index < -0.39 is 17.7 Å². The third-order valence-corrected chi connectivity index (χ3v) is 3.25. The number of carbonyl (C=O) groups excluding carboxylic acids is 1. The van der Waals surface area contributed by atoms with Gasteiger partial charge in [0.25, 0.3) is 0 Å². The molecule has 2 aromatic rings. The van der Waals surface area contributed by atoms with E-state index >= 15 is 0 Å². The molecule has 0 aliphatic rings. The number of Topliss-reactive ketones (excluding diaryl/α,β-unsaturated/α-hetero) is 1. The number of fused-ring (bicyclic) bond motifs is 1. The molecule has 0 amide bonds. The summed E-state index contributed by atoms with van der Waals surface area (Å²) in [5.74, 6) is -0.945. The van der Waals surface area contributed by atoms with Crippen molar-refractivity contribution in [2.24, 2.45) is 5.92 Å². The van der Waals surface area contributed by atoms with Gasteiger partial charge >= 0.3 is 6.36 Å². The number of benzene rings is 1. The first-order valence-electron chi connectivity index (χ1n) is 7.40. The fraction of sp³-hybridized carbons (Fsp3) is 0.500. The molecule has 1 aromatic carbocycles. The number of hydrogen-bond acceptors (Lipinski definition) is 4. The molecule has 0 aliphatic heterocycles. The van der Waals surface area contributed by atoms with Crippen LogP contribution in [0.3, 0.4) is 0 Å². The van der Waals surface area contributed by atoms with Crippen molar-refractivity contribution in [3.63, 3.8) is 0 Å². The third kappa shape index (κ3) is 4.25. The maximum absolute atomic E-state index is 12.4. The second-order valence-corrected chi connectivity index (χ2v) is 6.56. The number of rotatable bonds is 5. The molecule has 0 atom stereocenters. The zero-order chi connectivity index (χ0) is 18.3. The van der Waals surface area contributed by atoms with Gasteiger partial charge in [0.05, 0.1) is 17.7 Å². The van der Waals surface area contributed by atoms with Crippen molar-refractivity contribution < 1.29 is 27.8 Å². The standard InChI is InChI=1S/C16H19F3N2O3/c1-9(2)14(22)13-11-6-5-10(24-16(17,18)19)7-12(11)21(20-13)8-15(3,4)23/h5-7,9,23H,8H2,1-4H3. The monoisotopic (exact) mass is 344 g/mol. The molecule has 1 heterocycles. The Morgan fingerprint density at radius 1 is 1.33 bits per heavy atom. The van der Waals surface area contributed by atoms with Gasteiger partial charge in [0.1, 0.15) is 11.4 Å². The number of nitrogens with zero attached hydrogens (tertiary/aromatic N) is 2. The molecule has 24 heavy (non-hydrogen) atoms. The van der Waals surface area contributed by atoms with Crippen LogP contribution in [0.2, 0.25) is 0 Å². The van der Waals surface area contributed by atoms with Gasteiger partial charge in [-0.15, -0.1) is 13.2 Å². The minimum absolute atomic E-state index is 0.0182. The Balaban J connectivity index is 2.60. The molecule has 132 valence electrons. The first-order valence-corrected chi connectivity index (χ1v) is 7.40. The molecule has 1 aromatic heterocycles. The Kier molecular flexibility index (Phi) is 4.63. The number of aliphatic hydroxyl groups is 1. The molecule has 0 fully saturated rings. The van der Waals surface area contributed by atoms with Gasteiger partial charge in [-0.05, 0) is 26.0 Å². The largest absolute Gasteiger partial charge is 0.573 e. The molecule has 0 saturated carbocycles. The summed E-state index contributed by atoms with van der Waals surface area (Å²) in [6.45, 7) is 6.53. The van der Waals surface area contributed by atoms with Crippen molar-refractivity contribution in [3.05, 3.63) is 23.9 Å². The number of halogens is 3. The van der Waals surface area contributed by atoms with E-state index in [1.807, 2.05) is 0 Å². The van der Waals surface area contributed by atoms with Gasteiger partial charge < -0.3 is 9.84 Å². The fourth-order valence-electron chi connectivity index (χ4n) is 2.29. The highest BCUT2D eigenvalue weighted by Crippen LogP contribution is 2.29. The summed E-state index contributed by atoms with van der Waals surface area (Å²) < 4.78 is 42.5. The molecule has 8 heteroatoms. The predicted molar refractivity (Wildman–Crippen MR) is 81.9 cm³/mol. The van der Waals surface area contributed by atoms with Crippen LogP contribution in [0.4, 0.5) is 13.2 Å². The van der Waals surface area contributed by atoms with E-state index in [-0.39, 0.29) is 23.9 Å². The first-order chi connectivity index (χ1) is 10.9. The quantitative estimate of drug-likeness (QED) is 0.843. The van der Waals surface area contributed by atoms with Crippen LogP contribution in [0.1, 0.15) is 38.2 Å². The van der Waals surface area contributed by atoms with E-state index in [2.05, 4.69) is 9.84 Å². The summed E-state index contributed by atoms with van der Waals surface area (Å²) in [4.78, 5) is 12.3. The predicted octanol–water partition coefficient (Wildman–Crippen LogP) is 3.54. The number of carbonyl (C=O) groups is 1. The molecule has 2 rings (SSSR count). The number of alkyl halides is 3. The zero-order valence-corrected chi connectivity index (χ0v) is 13.8. The summed E-state index contributed by atoms with van der Waals surface area (Å²) in [7, 11) is 0. The van der Waals surface area contributed by atoms with Crippen molar-refractivity contribution in [1.29, 1.82) is 0 Å². The van der Waals surface area contributed by atoms with Crippen molar-refractivity contribution in [3.8, 4) is 5.75 Å². The van der Waals surface area contributed by atoms with Crippen LogP contribution in [0.5, 0.6) is 5.75 Å². The minimum atomic E-state index is -4.81. The van der Waals surface area contributed by atoms with E-state index in [0.29, 0.717) is 10.9 Å². The summed E-state index contributed by atoms with van der Waals surface area (Å²) in [5, 5.41) is 14.6. The Hall–Kier alpha value is -2.09.